The van der Waals surface area contributed by atoms with Gasteiger partial charge in [-0.2, -0.15) is 0 Å². The zero-order chi connectivity index (χ0) is 18.8. The molecule has 1 atom stereocenters. The second-order valence-electron chi connectivity index (χ2n) is 5.87. The fourth-order valence-corrected chi connectivity index (χ4v) is 2.84. The van der Waals surface area contributed by atoms with Gasteiger partial charge >= 0.3 is 5.97 Å². The van der Waals surface area contributed by atoms with E-state index in [0.29, 0.717) is 34.2 Å². The Labute approximate surface area is 150 Å². The first kappa shape index (κ1) is 18.9. The van der Waals surface area contributed by atoms with E-state index in [1.165, 1.54) is 11.7 Å². The van der Waals surface area contributed by atoms with Crippen molar-refractivity contribution in [3.05, 3.63) is 38.9 Å². The number of ether oxygens (including phenoxy) is 1. The lowest BCUT2D eigenvalue weighted by Gasteiger charge is -2.26. The summed E-state index contributed by atoms with van der Waals surface area (Å²) in [5, 5.41) is 3.13. The number of carbonyl (C=O) groups is 2. The van der Waals surface area contributed by atoms with E-state index in [0.717, 1.165) is 0 Å². The minimum atomic E-state index is -1.13. The maximum absolute atomic E-state index is 12.5. The zero-order valence-corrected chi connectivity index (χ0v) is 15.5. The maximum Gasteiger partial charge on any atom is 0.331 e. The summed E-state index contributed by atoms with van der Waals surface area (Å²) < 4.78 is 6.50. The van der Waals surface area contributed by atoms with Crippen LogP contribution in [-0.2, 0) is 16.1 Å². The molecule has 1 heterocycles. The lowest BCUT2D eigenvalue weighted by atomic mass is 9.98. The molecule has 0 aliphatic heterocycles. The molecule has 0 aliphatic rings. The van der Waals surface area contributed by atoms with Crippen LogP contribution in [0.25, 0.3) is 10.9 Å². The van der Waals surface area contributed by atoms with Gasteiger partial charge in [-0.15, -0.1) is 0 Å². The fourth-order valence-electron chi connectivity index (χ4n) is 2.51. The van der Waals surface area contributed by atoms with Crippen LogP contribution in [0.15, 0.2) is 23.0 Å². The molecule has 8 heteroatoms. The standard InChI is InChI=1S/C17H21N3O4S/c1-5-17(3,15(23)24-4)19-13(21)10-7-8-11-12(9-10)18-16(25)20(6-2)14(11)22/h7-9H,5-6H2,1-4H3,(H,18,25)(H,19,21)/t17-/m1/s1. The van der Waals surface area contributed by atoms with Crippen molar-refractivity contribution in [1.29, 1.82) is 0 Å². The van der Waals surface area contributed by atoms with E-state index in [-0.39, 0.29) is 5.56 Å². The van der Waals surface area contributed by atoms with Crippen molar-refractivity contribution in [1.82, 2.24) is 14.9 Å². The number of carbonyl (C=O) groups excluding carboxylic acids is 2. The van der Waals surface area contributed by atoms with E-state index in [1.807, 2.05) is 6.92 Å². The quantitative estimate of drug-likeness (QED) is 0.627. The third kappa shape index (κ3) is 3.48. The number of hydrogen-bond acceptors (Lipinski definition) is 5. The number of hydrogen-bond donors (Lipinski definition) is 2. The van der Waals surface area contributed by atoms with Gasteiger partial charge in [0.1, 0.15) is 5.54 Å². The third-order valence-electron chi connectivity index (χ3n) is 4.29. The first-order valence-corrected chi connectivity index (χ1v) is 8.36. The Balaban J connectivity index is 2.45. The van der Waals surface area contributed by atoms with Crippen LogP contribution in [0.1, 0.15) is 37.6 Å². The summed E-state index contributed by atoms with van der Waals surface area (Å²) in [6, 6.07) is 4.67. The number of esters is 1. The predicted octanol–water partition coefficient (Wildman–Crippen LogP) is 2.15. The molecule has 0 spiro atoms. The summed E-state index contributed by atoms with van der Waals surface area (Å²) in [6.07, 6.45) is 0.378. The average molecular weight is 363 g/mol. The maximum atomic E-state index is 12.5. The minimum Gasteiger partial charge on any atom is -0.467 e. The van der Waals surface area contributed by atoms with Gasteiger partial charge in [-0.05, 0) is 50.7 Å². The van der Waals surface area contributed by atoms with Crippen LogP contribution >= 0.6 is 12.2 Å². The van der Waals surface area contributed by atoms with Crippen molar-refractivity contribution >= 4 is 35.0 Å². The van der Waals surface area contributed by atoms with Crippen LogP contribution in [0, 0.1) is 4.77 Å². The zero-order valence-electron chi connectivity index (χ0n) is 14.6. The van der Waals surface area contributed by atoms with Crippen LogP contribution in [0.4, 0.5) is 0 Å². The Bertz CT molecular complexity index is 947. The molecule has 1 aromatic carbocycles. The Hall–Kier alpha value is -2.48. The van der Waals surface area contributed by atoms with Gasteiger partial charge in [0.2, 0.25) is 0 Å². The number of fused-ring (bicyclic) bond motifs is 1. The number of H-pyrrole nitrogens is 1. The van der Waals surface area contributed by atoms with Crippen LogP contribution in [-0.4, -0.2) is 34.1 Å². The van der Waals surface area contributed by atoms with E-state index in [2.05, 4.69) is 10.3 Å². The van der Waals surface area contributed by atoms with Gasteiger partial charge in [0, 0.05) is 12.1 Å². The smallest absolute Gasteiger partial charge is 0.331 e. The first-order valence-electron chi connectivity index (χ1n) is 7.95. The highest BCUT2D eigenvalue weighted by Gasteiger charge is 2.34. The average Bonchev–Trinajstić information content (AvgIpc) is 2.60. The Morgan fingerprint density at radius 1 is 1.36 bits per heavy atom. The Morgan fingerprint density at radius 2 is 2.04 bits per heavy atom. The van der Waals surface area contributed by atoms with Crippen LogP contribution in [0.3, 0.4) is 0 Å². The molecule has 0 saturated heterocycles. The molecule has 134 valence electrons. The third-order valence-corrected chi connectivity index (χ3v) is 4.62. The SMILES string of the molecule is CCn1c(=S)[nH]c2cc(C(=O)N[C@](C)(CC)C(=O)OC)ccc2c1=O. The number of amides is 1. The molecule has 0 aliphatic carbocycles. The molecule has 1 amide bonds. The summed E-state index contributed by atoms with van der Waals surface area (Å²) in [4.78, 5) is 39.8. The highest BCUT2D eigenvalue weighted by molar-refractivity contribution is 7.71. The molecule has 0 saturated carbocycles. The van der Waals surface area contributed by atoms with Gasteiger partial charge in [0.25, 0.3) is 11.5 Å². The molecular formula is C17H21N3O4S. The molecule has 7 nitrogen and oxygen atoms in total. The highest BCUT2D eigenvalue weighted by Crippen LogP contribution is 2.15. The van der Waals surface area contributed by atoms with Crippen LogP contribution in [0.2, 0.25) is 0 Å². The van der Waals surface area contributed by atoms with E-state index in [1.54, 1.807) is 32.0 Å². The van der Waals surface area contributed by atoms with E-state index in [4.69, 9.17) is 17.0 Å². The van der Waals surface area contributed by atoms with Gasteiger partial charge < -0.3 is 15.0 Å². The van der Waals surface area contributed by atoms with E-state index >= 15 is 0 Å². The van der Waals surface area contributed by atoms with E-state index < -0.39 is 17.4 Å². The molecule has 25 heavy (non-hydrogen) atoms. The summed E-state index contributed by atoms with van der Waals surface area (Å²) in [7, 11) is 1.28. The van der Waals surface area contributed by atoms with Crippen molar-refractivity contribution in [2.45, 2.75) is 39.3 Å². The Kier molecular flexibility index (Phi) is 5.42. The largest absolute Gasteiger partial charge is 0.467 e. The number of aromatic nitrogens is 2. The number of benzene rings is 1. The molecule has 2 aromatic rings. The molecule has 2 N–H and O–H groups in total. The molecule has 0 unspecified atom stereocenters. The minimum absolute atomic E-state index is 0.207. The van der Waals surface area contributed by atoms with Crippen molar-refractivity contribution in [2.24, 2.45) is 0 Å². The highest BCUT2D eigenvalue weighted by atomic mass is 32.1. The summed E-state index contributed by atoms with van der Waals surface area (Å²) in [5.41, 5.74) is -0.542. The molecule has 2 rings (SSSR count). The number of rotatable bonds is 5. The van der Waals surface area contributed by atoms with Gasteiger partial charge in [-0.3, -0.25) is 14.2 Å². The summed E-state index contributed by atoms with van der Waals surface area (Å²) >= 11 is 5.18. The second-order valence-corrected chi connectivity index (χ2v) is 6.26. The lowest BCUT2D eigenvalue weighted by Crippen LogP contribution is -2.52. The molecular weight excluding hydrogens is 342 g/mol. The molecule has 0 bridgehead atoms. The molecule has 0 radical (unpaired) electrons. The van der Waals surface area contributed by atoms with Gasteiger partial charge in [0.05, 0.1) is 18.0 Å². The monoisotopic (exact) mass is 363 g/mol. The topological polar surface area (TPSA) is 93.2 Å². The van der Waals surface area contributed by atoms with Gasteiger partial charge in [0.15, 0.2) is 4.77 Å². The van der Waals surface area contributed by atoms with Crippen LogP contribution < -0.4 is 10.9 Å². The summed E-state index contributed by atoms with van der Waals surface area (Å²) in [5.74, 6) is -0.954. The normalized spacial score (nSPS) is 13.3. The van der Waals surface area contributed by atoms with Crippen molar-refractivity contribution in [3.63, 3.8) is 0 Å². The van der Waals surface area contributed by atoms with Crippen molar-refractivity contribution in [3.8, 4) is 0 Å². The number of nitrogens with one attached hydrogen (secondary N) is 2. The van der Waals surface area contributed by atoms with Gasteiger partial charge in [-0.25, -0.2) is 4.79 Å². The predicted molar refractivity (Wildman–Crippen MR) is 97.2 cm³/mol. The van der Waals surface area contributed by atoms with Crippen LogP contribution in [0.5, 0.6) is 0 Å². The second kappa shape index (κ2) is 7.18. The number of methoxy groups -OCH3 is 1. The van der Waals surface area contributed by atoms with Crippen molar-refractivity contribution in [2.75, 3.05) is 7.11 Å². The molecule has 1 aromatic heterocycles. The number of aromatic amines is 1. The molecule has 0 fully saturated rings. The fraction of sp³-hybridized carbons (Fsp3) is 0.412. The lowest BCUT2D eigenvalue weighted by molar-refractivity contribution is -0.147. The Morgan fingerprint density at radius 3 is 2.60 bits per heavy atom. The van der Waals surface area contributed by atoms with E-state index in [9.17, 15) is 14.4 Å². The summed E-state index contributed by atoms with van der Waals surface area (Å²) in [6.45, 7) is 5.67. The van der Waals surface area contributed by atoms with Gasteiger partial charge in [-0.1, -0.05) is 6.92 Å². The van der Waals surface area contributed by atoms with Crippen molar-refractivity contribution < 1.29 is 14.3 Å². The first-order chi connectivity index (χ1) is 11.8. The number of nitrogens with zero attached hydrogens (tertiary/aromatic N) is 1.